The van der Waals surface area contributed by atoms with E-state index in [1.807, 2.05) is 42.6 Å². The topological polar surface area (TPSA) is 117 Å². The Balaban J connectivity index is 1.32. The zero-order chi connectivity index (χ0) is 21.4. The SMILES string of the molecule is NC(=O)C1CC12CN(c1ncnc3[nH]ccc13)CCN2C(=O)OCCc1ccccc1. The van der Waals surface area contributed by atoms with Crippen molar-refractivity contribution in [2.24, 2.45) is 11.7 Å². The molecule has 1 saturated heterocycles. The van der Waals surface area contributed by atoms with Crippen molar-refractivity contribution in [1.82, 2.24) is 19.9 Å². The Kier molecular flexibility index (Phi) is 4.72. The lowest BCUT2D eigenvalue weighted by atomic mass is 10.1. The molecule has 9 heteroatoms. The van der Waals surface area contributed by atoms with E-state index < -0.39 is 17.5 Å². The Morgan fingerprint density at radius 2 is 2.03 bits per heavy atom. The number of ether oxygens (including phenoxy) is 1. The number of hydrogen-bond acceptors (Lipinski definition) is 6. The third-order valence-electron chi connectivity index (χ3n) is 6.30. The van der Waals surface area contributed by atoms with Crippen molar-refractivity contribution in [2.75, 3.05) is 31.1 Å². The molecule has 1 spiro atoms. The lowest BCUT2D eigenvalue weighted by molar-refractivity contribution is -0.120. The van der Waals surface area contributed by atoms with E-state index in [0.717, 1.165) is 22.4 Å². The van der Waals surface area contributed by atoms with Crippen LogP contribution in [0.5, 0.6) is 0 Å². The minimum Gasteiger partial charge on any atom is -0.449 e. The number of anilines is 1. The van der Waals surface area contributed by atoms with Gasteiger partial charge in [0.05, 0.1) is 23.4 Å². The Labute approximate surface area is 179 Å². The van der Waals surface area contributed by atoms with Crippen LogP contribution in [0.4, 0.5) is 10.6 Å². The number of primary amides is 1. The molecular weight excluding hydrogens is 396 g/mol. The van der Waals surface area contributed by atoms with Gasteiger partial charge in [0.2, 0.25) is 5.91 Å². The van der Waals surface area contributed by atoms with Crippen LogP contribution in [0, 0.1) is 5.92 Å². The predicted octanol–water partition coefficient (Wildman–Crippen LogP) is 1.70. The number of nitrogens with two attached hydrogens (primary N) is 1. The summed E-state index contributed by atoms with van der Waals surface area (Å²) in [4.78, 5) is 40.5. The monoisotopic (exact) mass is 420 g/mol. The van der Waals surface area contributed by atoms with Crippen molar-refractivity contribution in [3.05, 3.63) is 54.5 Å². The summed E-state index contributed by atoms with van der Waals surface area (Å²) in [5.41, 5.74) is 6.84. The summed E-state index contributed by atoms with van der Waals surface area (Å²) >= 11 is 0. The van der Waals surface area contributed by atoms with Crippen molar-refractivity contribution in [3.63, 3.8) is 0 Å². The van der Waals surface area contributed by atoms with Crippen LogP contribution >= 0.6 is 0 Å². The van der Waals surface area contributed by atoms with Crippen molar-refractivity contribution in [1.29, 1.82) is 0 Å². The quantitative estimate of drug-likeness (QED) is 0.649. The molecule has 2 amide bonds. The van der Waals surface area contributed by atoms with Crippen LogP contribution in [-0.2, 0) is 16.0 Å². The van der Waals surface area contributed by atoms with E-state index in [0.29, 0.717) is 32.5 Å². The highest BCUT2D eigenvalue weighted by molar-refractivity contribution is 5.88. The van der Waals surface area contributed by atoms with E-state index in [1.54, 1.807) is 4.90 Å². The molecule has 2 fully saturated rings. The average Bonchev–Trinajstić information content (AvgIpc) is 3.27. The molecule has 3 heterocycles. The number of nitrogens with one attached hydrogen (secondary N) is 1. The second-order valence-corrected chi connectivity index (χ2v) is 8.12. The molecule has 1 aliphatic carbocycles. The first-order chi connectivity index (χ1) is 15.1. The first kappa shape index (κ1) is 19.3. The van der Waals surface area contributed by atoms with E-state index in [1.165, 1.54) is 6.33 Å². The first-order valence-corrected chi connectivity index (χ1v) is 10.4. The minimum atomic E-state index is -0.651. The molecule has 31 heavy (non-hydrogen) atoms. The molecule has 2 unspecified atom stereocenters. The lowest BCUT2D eigenvalue weighted by Gasteiger charge is -2.42. The van der Waals surface area contributed by atoms with Gasteiger partial charge in [-0.3, -0.25) is 9.69 Å². The van der Waals surface area contributed by atoms with Gasteiger partial charge < -0.3 is 20.4 Å². The molecule has 5 rings (SSSR count). The van der Waals surface area contributed by atoms with Gasteiger partial charge in [-0.1, -0.05) is 30.3 Å². The Morgan fingerprint density at radius 1 is 1.19 bits per heavy atom. The number of fused-ring (bicyclic) bond motifs is 1. The number of nitrogens with zero attached hydrogens (tertiary/aromatic N) is 4. The number of benzene rings is 1. The van der Waals surface area contributed by atoms with Gasteiger partial charge in [0.15, 0.2) is 0 Å². The molecule has 1 aromatic carbocycles. The van der Waals surface area contributed by atoms with Crippen molar-refractivity contribution in [3.8, 4) is 0 Å². The molecule has 160 valence electrons. The van der Waals surface area contributed by atoms with Crippen LogP contribution < -0.4 is 10.6 Å². The highest BCUT2D eigenvalue weighted by Gasteiger charge is 2.65. The molecule has 1 saturated carbocycles. The van der Waals surface area contributed by atoms with Crippen LogP contribution in [0.2, 0.25) is 0 Å². The zero-order valence-electron chi connectivity index (χ0n) is 17.0. The Morgan fingerprint density at radius 3 is 2.81 bits per heavy atom. The van der Waals surface area contributed by atoms with Crippen LogP contribution in [-0.4, -0.2) is 63.6 Å². The Hall–Kier alpha value is -3.62. The maximum Gasteiger partial charge on any atom is 0.410 e. The van der Waals surface area contributed by atoms with Crippen LogP contribution in [0.1, 0.15) is 12.0 Å². The summed E-state index contributed by atoms with van der Waals surface area (Å²) in [6.45, 7) is 1.78. The zero-order valence-corrected chi connectivity index (χ0v) is 17.0. The summed E-state index contributed by atoms with van der Waals surface area (Å²) in [7, 11) is 0. The maximum atomic E-state index is 12.9. The number of aromatic nitrogens is 3. The maximum absolute atomic E-state index is 12.9. The van der Waals surface area contributed by atoms with Crippen LogP contribution in [0.3, 0.4) is 0 Å². The number of amides is 2. The molecule has 2 atom stereocenters. The van der Waals surface area contributed by atoms with Crippen molar-refractivity contribution < 1.29 is 14.3 Å². The molecule has 3 aromatic rings. The first-order valence-electron chi connectivity index (χ1n) is 10.4. The van der Waals surface area contributed by atoms with Crippen molar-refractivity contribution >= 4 is 28.9 Å². The van der Waals surface area contributed by atoms with Crippen LogP contribution in [0.25, 0.3) is 11.0 Å². The average molecular weight is 420 g/mol. The van der Waals surface area contributed by atoms with Gasteiger partial charge in [0, 0.05) is 32.3 Å². The second kappa shape index (κ2) is 7.57. The number of H-pyrrole nitrogens is 1. The van der Waals surface area contributed by atoms with Gasteiger partial charge in [-0.25, -0.2) is 14.8 Å². The number of aromatic amines is 1. The predicted molar refractivity (Wildman–Crippen MR) is 114 cm³/mol. The van der Waals surface area contributed by atoms with E-state index in [4.69, 9.17) is 10.5 Å². The standard InChI is InChI=1S/C22H24N6O3/c23-18(29)17-12-22(17)13-27(20-16-6-8-24-19(16)25-14-26-20)9-10-28(22)21(30)31-11-7-15-4-2-1-3-5-15/h1-6,8,14,17H,7,9-13H2,(H2,23,29)(H,24,25,26). The van der Waals surface area contributed by atoms with Gasteiger partial charge in [-0.2, -0.15) is 0 Å². The second-order valence-electron chi connectivity index (χ2n) is 8.12. The molecule has 2 aromatic heterocycles. The minimum absolute atomic E-state index is 0.288. The van der Waals surface area contributed by atoms with Crippen LogP contribution in [0.15, 0.2) is 48.9 Å². The Bertz CT molecular complexity index is 1120. The van der Waals surface area contributed by atoms with Gasteiger partial charge in [-0.15, -0.1) is 0 Å². The van der Waals surface area contributed by atoms with E-state index >= 15 is 0 Å². The molecule has 3 N–H and O–H groups in total. The van der Waals surface area contributed by atoms with E-state index in [9.17, 15) is 9.59 Å². The van der Waals surface area contributed by atoms with E-state index in [2.05, 4.69) is 19.9 Å². The number of rotatable bonds is 5. The van der Waals surface area contributed by atoms with Crippen molar-refractivity contribution in [2.45, 2.75) is 18.4 Å². The van der Waals surface area contributed by atoms with Gasteiger partial charge in [0.1, 0.15) is 17.8 Å². The fraction of sp³-hybridized carbons (Fsp3) is 0.364. The number of carbonyl (C=O) groups is 2. The highest BCUT2D eigenvalue weighted by Crippen LogP contribution is 2.51. The summed E-state index contributed by atoms with van der Waals surface area (Å²) < 4.78 is 5.57. The summed E-state index contributed by atoms with van der Waals surface area (Å²) in [5, 5.41) is 0.910. The van der Waals surface area contributed by atoms with Gasteiger partial charge in [-0.05, 0) is 18.1 Å². The summed E-state index contributed by atoms with van der Waals surface area (Å²) in [5.74, 6) is 0.0109. The van der Waals surface area contributed by atoms with E-state index in [-0.39, 0.29) is 12.5 Å². The summed E-state index contributed by atoms with van der Waals surface area (Å²) in [6.07, 6.45) is 4.12. The largest absolute Gasteiger partial charge is 0.449 e. The van der Waals surface area contributed by atoms with Gasteiger partial charge >= 0.3 is 6.09 Å². The smallest absolute Gasteiger partial charge is 0.410 e. The molecule has 2 aliphatic rings. The third kappa shape index (κ3) is 3.45. The summed E-state index contributed by atoms with van der Waals surface area (Å²) in [6, 6.07) is 11.8. The normalized spacial score (nSPS) is 22.6. The fourth-order valence-electron chi connectivity index (χ4n) is 4.61. The highest BCUT2D eigenvalue weighted by atomic mass is 16.6. The molecule has 9 nitrogen and oxygen atoms in total. The fourth-order valence-corrected chi connectivity index (χ4v) is 4.61. The molecule has 0 radical (unpaired) electrons. The molecule has 0 bridgehead atoms. The van der Waals surface area contributed by atoms with Gasteiger partial charge in [0.25, 0.3) is 0 Å². The molecular formula is C22H24N6O3. The third-order valence-corrected chi connectivity index (χ3v) is 6.30. The number of hydrogen-bond donors (Lipinski definition) is 2. The number of carbonyl (C=O) groups excluding carboxylic acids is 2. The number of piperazine rings is 1. The molecule has 1 aliphatic heterocycles. The lowest BCUT2D eigenvalue weighted by Crippen LogP contribution is -2.59.